The van der Waals surface area contributed by atoms with Crippen molar-refractivity contribution in [2.45, 2.75) is 39.0 Å². The fraction of sp³-hybridized carbons (Fsp3) is 0.526. The number of fused-ring (bicyclic) bond motifs is 1. The highest BCUT2D eigenvalue weighted by Crippen LogP contribution is 2.40. The van der Waals surface area contributed by atoms with Gasteiger partial charge in [-0.15, -0.1) is 11.3 Å². The van der Waals surface area contributed by atoms with Crippen LogP contribution >= 0.6 is 11.3 Å². The van der Waals surface area contributed by atoms with E-state index in [0.717, 1.165) is 29.7 Å². The van der Waals surface area contributed by atoms with Gasteiger partial charge in [-0.05, 0) is 43.6 Å². The molecule has 140 valence electrons. The Morgan fingerprint density at radius 3 is 2.58 bits per heavy atom. The van der Waals surface area contributed by atoms with Crippen LogP contribution in [-0.4, -0.2) is 25.0 Å². The van der Waals surface area contributed by atoms with Gasteiger partial charge in [0.05, 0.1) is 18.6 Å². The second-order valence-corrected chi connectivity index (χ2v) is 8.12. The second-order valence-electron chi connectivity index (χ2n) is 7.01. The number of hydrogen-bond acceptors (Lipinski definition) is 6. The molecule has 0 unspecified atom stereocenters. The molecule has 2 aliphatic carbocycles. The van der Waals surface area contributed by atoms with Crippen molar-refractivity contribution < 1.29 is 24.2 Å². The maximum atomic E-state index is 12.7. The maximum Gasteiger partial charge on any atom is 0.341 e. The number of carboxylic acid groups (broad SMARTS) is 1. The molecule has 0 spiro atoms. The predicted molar refractivity (Wildman–Crippen MR) is 95.8 cm³/mol. The van der Waals surface area contributed by atoms with Crippen LogP contribution in [0.4, 0.5) is 5.00 Å². The zero-order valence-electron chi connectivity index (χ0n) is 14.9. The summed E-state index contributed by atoms with van der Waals surface area (Å²) in [6.07, 6.45) is 6.83. The zero-order chi connectivity index (χ0) is 18.8. The number of carbonyl (C=O) groups excluding carboxylic acids is 3. The quantitative estimate of drug-likeness (QED) is 0.640. The molecule has 26 heavy (non-hydrogen) atoms. The molecule has 2 aliphatic rings. The van der Waals surface area contributed by atoms with Crippen molar-refractivity contribution in [3.8, 4) is 0 Å². The van der Waals surface area contributed by atoms with Crippen molar-refractivity contribution in [3.05, 3.63) is 28.2 Å². The number of ether oxygens (including phenoxy) is 1. The fourth-order valence-corrected chi connectivity index (χ4v) is 5.13. The minimum Gasteiger partial charge on any atom is -0.550 e. The molecule has 1 amide bonds. The Hall–Kier alpha value is -2.15. The SMILES string of the molecule is COC(=O)c1c(NC(=O)[C@@H]2CC=CC[C@@H]2C(=O)[O-])sc2c1CC[C@@H](C)C2. The Bertz CT molecular complexity index is 766. The lowest BCUT2D eigenvalue weighted by atomic mass is 9.82. The lowest BCUT2D eigenvalue weighted by molar-refractivity contribution is -0.313. The third kappa shape index (κ3) is 3.53. The van der Waals surface area contributed by atoms with E-state index < -0.39 is 23.8 Å². The first-order valence-electron chi connectivity index (χ1n) is 8.82. The van der Waals surface area contributed by atoms with Crippen LogP contribution in [0.2, 0.25) is 0 Å². The summed E-state index contributed by atoms with van der Waals surface area (Å²) in [5, 5.41) is 14.6. The van der Waals surface area contributed by atoms with Crippen LogP contribution in [-0.2, 0) is 27.2 Å². The highest BCUT2D eigenvalue weighted by atomic mass is 32.1. The summed E-state index contributed by atoms with van der Waals surface area (Å²) in [5.74, 6) is -3.10. The Labute approximate surface area is 156 Å². The first kappa shape index (κ1) is 18.6. The number of nitrogens with one attached hydrogen (secondary N) is 1. The Kier molecular flexibility index (Phi) is 5.46. The van der Waals surface area contributed by atoms with Crippen LogP contribution in [0.15, 0.2) is 12.2 Å². The smallest absolute Gasteiger partial charge is 0.341 e. The zero-order valence-corrected chi connectivity index (χ0v) is 15.7. The number of amides is 1. The molecule has 6 nitrogen and oxygen atoms in total. The summed E-state index contributed by atoms with van der Waals surface area (Å²) in [5.41, 5.74) is 1.37. The fourth-order valence-electron chi connectivity index (χ4n) is 3.73. The number of hydrogen-bond donors (Lipinski definition) is 1. The van der Waals surface area contributed by atoms with Crippen LogP contribution in [0.3, 0.4) is 0 Å². The number of anilines is 1. The molecule has 7 heteroatoms. The largest absolute Gasteiger partial charge is 0.550 e. The average Bonchev–Trinajstić information content (AvgIpc) is 2.97. The third-order valence-corrected chi connectivity index (χ3v) is 6.38. The van der Waals surface area contributed by atoms with Gasteiger partial charge in [0.25, 0.3) is 0 Å². The number of thiophene rings is 1. The Morgan fingerprint density at radius 1 is 1.23 bits per heavy atom. The van der Waals surface area contributed by atoms with Gasteiger partial charge in [0.15, 0.2) is 0 Å². The number of methoxy groups -OCH3 is 1. The summed E-state index contributed by atoms with van der Waals surface area (Å²) < 4.78 is 4.92. The van der Waals surface area contributed by atoms with Crippen LogP contribution < -0.4 is 10.4 Å². The first-order chi connectivity index (χ1) is 12.4. The first-order valence-corrected chi connectivity index (χ1v) is 9.63. The normalized spacial score (nSPS) is 24.6. The van der Waals surface area contributed by atoms with Crippen LogP contribution in [0.25, 0.3) is 0 Å². The van der Waals surface area contributed by atoms with Gasteiger partial charge in [0, 0.05) is 16.8 Å². The molecule has 0 saturated heterocycles. The average molecular weight is 376 g/mol. The molecule has 1 aromatic rings. The minimum atomic E-state index is -1.22. The highest BCUT2D eigenvalue weighted by Gasteiger charge is 2.33. The summed E-state index contributed by atoms with van der Waals surface area (Å²) in [4.78, 5) is 37.5. The summed E-state index contributed by atoms with van der Waals surface area (Å²) in [6, 6.07) is 0. The topological polar surface area (TPSA) is 95.5 Å². The monoisotopic (exact) mass is 376 g/mol. The number of esters is 1. The molecule has 1 aromatic heterocycles. The highest BCUT2D eigenvalue weighted by molar-refractivity contribution is 7.17. The van der Waals surface area contributed by atoms with Gasteiger partial charge in [-0.25, -0.2) is 4.79 Å². The van der Waals surface area contributed by atoms with Gasteiger partial charge in [-0.3, -0.25) is 4.79 Å². The summed E-state index contributed by atoms with van der Waals surface area (Å²) >= 11 is 1.40. The lowest BCUT2D eigenvalue weighted by Crippen LogP contribution is -2.41. The molecule has 0 bridgehead atoms. The van der Waals surface area contributed by atoms with Crippen molar-refractivity contribution in [2.24, 2.45) is 17.8 Å². The Balaban J connectivity index is 1.89. The molecule has 3 rings (SSSR count). The standard InChI is InChI=1S/C19H23NO5S/c1-10-7-8-13-14(9-10)26-17(15(13)19(24)25-2)20-16(21)11-5-3-4-6-12(11)18(22)23/h3-4,10-12H,5-9H2,1-2H3,(H,20,21)(H,22,23)/p-1/t10-,11-,12+/m1/s1. The van der Waals surface area contributed by atoms with Crippen molar-refractivity contribution in [1.29, 1.82) is 0 Å². The van der Waals surface area contributed by atoms with Crippen LogP contribution in [0.5, 0.6) is 0 Å². The molecular weight excluding hydrogens is 354 g/mol. The van der Waals surface area contributed by atoms with Crippen LogP contribution in [0.1, 0.15) is 47.0 Å². The van der Waals surface area contributed by atoms with Crippen molar-refractivity contribution in [1.82, 2.24) is 0 Å². The second kappa shape index (κ2) is 7.61. The molecular formula is C19H22NO5S-. The predicted octanol–water partition coefficient (Wildman–Crippen LogP) is 1.93. The molecule has 0 aliphatic heterocycles. The van der Waals surface area contributed by atoms with E-state index in [1.807, 2.05) is 6.08 Å². The molecule has 0 aromatic carbocycles. The van der Waals surface area contributed by atoms with Gasteiger partial charge in [-0.2, -0.15) is 0 Å². The number of allylic oxidation sites excluding steroid dienone is 2. The van der Waals surface area contributed by atoms with E-state index in [0.29, 0.717) is 22.9 Å². The van der Waals surface area contributed by atoms with Gasteiger partial charge < -0.3 is 20.0 Å². The lowest BCUT2D eigenvalue weighted by Gasteiger charge is -2.28. The molecule has 0 fully saturated rings. The van der Waals surface area contributed by atoms with Crippen molar-refractivity contribution >= 4 is 34.2 Å². The van der Waals surface area contributed by atoms with E-state index in [4.69, 9.17) is 4.74 Å². The van der Waals surface area contributed by atoms with Crippen molar-refractivity contribution in [2.75, 3.05) is 12.4 Å². The number of carbonyl (C=O) groups is 3. The van der Waals surface area contributed by atoms with Gasteiger partial charge in [0.2, 0.25) is 5.91 Å². The van der Waals surface area contributed by atoms with Gasteiger partial charge in [0.1, 0.15) is 5.00 Å². The van der Waals surface area contributed by atoms with Gasteiger partial charge in [-0.1, -0.05) is 19.1 Å². The van der Waals surface area contributed by atoms with E-state index in [1.165, 1.54) is 18.4 Å². The summed E-state index contributed by atoms with van der Waals surface area (Å²) in [7, 11) is 1.32. The minimum absolute atomic E-state index is 0.280. The Morgan fingerprint density at radius 2 is 1.92 bits per heavy atom. The van der Waals surface area contributed by atoms with E-state index in [2.05, 4.69) is 12.2 Å². The van der Waals surface area contributed by atoms with Gasteiger partial charge >= 0.3 is 5.97 Å². The van der Waals surface area contributed by atoms with E-state index in [9.17, 15) is 19.5 Å². The molecule has 1 heterocycles. The number of aliphatic carboxylic acids is 1. The molecule has 0 radical (unpaired) electrons. The molecule has 1 N–H and O–H groups in total. The van der Waals surface area contributed by atoms with E-state index in [1.54, 1.807) is 6.08 Å². The summed E-state index contributed by atoms with van der Waals surface area (Å²) in [6.45, 7) is 2.16. The van der Waals surface area contributed by atoms with Crippen LogP contribution in [0, 0.1) is 17.8 Å². The molecule has 0 saturated carbocycles. The number of rotatable bonds is 4. The van der Waals surface area contributed by atoms with Crippen molar-refractivity contribution in [3.63, 3.8) is 0 Å². The van der Waals surface area contributed by atoms with E-state index in [-0.39, 0.29) is 12.3 Å². The maximum absolute atomic E-state index is 12.7. The third-order valence-electron chi connectivity index (χ3n) is 5.21. The number of carboxylic acids is 1. The molecule has 3 atom stereocenters. The van der Waals surface area contributed by atoms with E-state index >= 15 is 0 Å².